The summed E-state index contributed by atoms with van der Waals surface area (Å²) in [7, 11) is -3.95. The van der Waals surface area contributed by atoms with Crippen molar-refractivity contribution in [2.45, 2.75) is 25.2 Å². The Labute approximate surface area is 129 Å². The Balaban J connectivity index is 2.25. The molecule has 0 amide bonds. The third kappa shape index (κ3) is 4.04. The van der Waals surface area contributed by atoms with E-state index >= 15 is 0 Å². The van der Waals surface area contributed by atoms with E-state index in [1.807, 2.05) is 0 Å². The molecule has 0 unspecified atom stereocenters. The maximum absolute atomic E-state index is 13.5. The van der Waals surface area contributed by atoms with Crippen LogP contribution in [0, 0.1) is 17.6 Å². The Hall–Kier alpha value is -1.95. The molecule has 0 fully saturated rings. The molecule has 0 aliphatic heterocycles. The predicted molar refractivity (Wildman–Crippen MR) is 82.2 cm³/mol. The highest BCUT2D eigenvalue weighted by Gasteiger charge is 2.16. The van der Waals surface area contributed by atoms with E-state index in [-0.39, 0.29) is 4.90 Å². The van der Waals surface area contributed by atoms with Gasteiger partial charge in [0.1, 0.15) is 11.6 Å². The third-order valence-corrected chi connectivity index (χ3v) is 4.43. The van der Waals surface area contributed by atoms with Gasteiger partial charge in [0.15, 0.2) is 0 Å². The summed E-state index contributed by atoms with van der Waals surface area (Å²) in [5, 5.41) is 0. The average Bonchev–Trinajstić information content (AvgIpc) is 2.42. The van der Waals surface area contributed by atoms with Crippen LogP contribution in [0.15, 0.2) is 47.4 Å². The Bertz CT molecular complexity index is 756. The summed E-state index contributed by atoms with van der Waals surface area (Å²) in [5.41, 5.74) is 0.608. The standard InChI is InChI=1S/C16H17F2NO2S/c1-11(2)9-12-3-6-14(7-4-12)22(20,21)19-16-10-13(17)5-8-15(16)18/h3-8,10-11,19H,9H2,1-2H3. The minimum Gasteiger partial charge on any atom is -0.277 e. The van der Waals surface area contributed by atoms with Gasteiger partial charge >= 0.3 is 0 Å². The second kappa shape index (κ2) is 6.44. The van der Waals surface area contributed by atoms with Crippen LogP contribution in [0.2, 0.25) is 0 Å². The number of sulfonamides is 1. The van der Waals surface area contributed by atoms with Gasteiger partial charge in [0.05, 0.1) is 10.6 Å². The molecule has 0 aromatic heterocycles. The summed E-state index contributed by atoms with van der Waals surface area (Å²) in [5.74, 6) is -1.09. The number of rotatable bonds is 5. The zero-order valence-corrected chi connectivity index (χ0v) is 13.1. The van der Waals surface area contributed by atoms with Crippen LogP contribution in [-0.2, 0) is 16.4 Å². The number of nitrogens with one attached hydrogen (secondary N) is 1. The van der Waals surface area contributed by atoms with Crippen molar-refractivity contribution in [3.05, 3.63) is 59.7 Å². The fraction of sp³-hybridized carbons (Fsp3) is 0.250. The minimum atomic E-state index is -3.95. The van der Waals surface area contributed by atoms with E-state index in [4.69, 9.17) is 0 Å². The van der Waals surface area contributed by atoms with Crippen molar-refractivity contribution in [2.24, 2.45) is 5.92 Å². The molecule has 22 heavy (non-hydrogen) atoms. The normalized spacial score (nSPS) is 11.7. The van der Waals surface area contributed by atoms with Crippen LogP contribution in [0.1, 0.15) is 19.4 Å². The van der Waals surface area contributed by atoms with E-state index in [1.165, 1.54) is 12.1 Å². The van der Waals surface area contributed by atoms with E-state index in [1.54, 1.807) is 12.1 Å². The average molecular weight is 325 g/mol. The van der Waals surface area contributed by atoms with E-state index in [9.17, 15) is 17.2 Å². The molecule has 0 radical (unpaired) electrons. The Morgan fingerprint density at radius 1 is 1.05 bits per heavy atom. The van der Waals surface area contributed by atoms with Gasteiger partial charge in [-0.2, -0.15) is 0 Å². The molecule has 1 N–H and O–H groups in total. The SMILES string of the molecule is CC(C)Cc1ccc(S(=O)(=O)Nc2cc(F)ccc2F)cc1. The number of hydrogen-bond donors (Lipinski definition) is 1. The Kier molecular flexibility index (Phi) is 4.81. The van der Waals surface area contributed by atoms with Gasteiger partial charge in [-0.3, -0.25) is 4.72 Å². The van der Waals surface area contributed by atoms with Crippen molar-refractivity contribution in [1.29, 1.82) is 0 Å². The van der Waals surface area contributed by atoms with E-state index < -0.39 is 27.3 Å². The van der Waals surface area contributed by atoms with Crippen molar-refractivity contribution in [3.8, 4) is 0 Å². The molecule has 118 valence electrons. The van der Waals surface area contributed by atoms with E-state index in [0.29, 0.717) is 5.92 Å². The van der Waals surface area contributed by atoms with Crippen LogP contribution in [0.25, 0.3) is 0 Å². The van der Waals surface area contributed by atoms with Crippen LogP contribution >= 0.6 is 0 Å². The first-order chi connectivity index (χ1) is 10.3. The number of hydrogen-bond acceptors (Lipinski definition) is 2. The first kappa shape index (κ1) is 16.4. The largest absolute Gasteiger partial charge is 0.277 e. The topological polar surface area (TPSA) is 46.2 Å². The maximum Gasteiger partial charge on any atom is 0.261 e. The first-order valence-corrected chi connectivity index (χ1v) is 8.33. The van der Waals surface area contributed by atoms with Gasteiger partial charge in [-0.25, -0.2) is 17.2 Å². The molecular formula is C16H17F2NO2S. The van der Waals surface area contributed by atoms with E-state index in [2.05, 4.69) is 18.6 Å². The lowest BCUT2D eigenvalue weighted by molar-refractivity contribution is 0.594. The summed E-state index contributed by atoms with van der Waals surface area (Å²) in [6, 6.07) is 8.95. The fourth-order valence-electron chi connectivity index (χ4n) is 2.06. The Morgan fingerprint density at radius 2 is 1.68 bits per heavy atom. The molecule has 0 bridgehead atoms. The summed E-state index contributed by atoms with van der Waals surface area (Å²) in [6.45, 7) is 4.14. The van der Waals surface area contributed by atoms with Crippen molar-refractivity contribution >= 4 is 15.7 Å². The zero-order valence-electron chi connectivity index (χ0n) is 12.3. The second-order valence-corrected chi connectivity index (χ2v) is 7.15. The molecule has 2 aromatic rings. The molecule has 0 atom stereocenters. The summed E-state index contributed by atoms with van der Waals surface area (Å²) < 4.78 is 53.1. The first-order valence-electron chi connectivity index (χ1n) is 6.85. The van der Waals surface area contributed by atoms with Crippen molar-refractivity contribution in [3.63, 3.8) is 0 Å². The van der Waals surface area contributed by atoms with Gasteiger partial charge in [0.25, 0.3) is 10.0 Å². The molecule has 0 saturated carbocycles. The highest BCUT2D eigenvalue weighted by molar-refractivity contribution is 7.92. The second-order valence-electron chi connectivity index (χ2n) is 5.47. The van der Waals surface area contributed by atoms with Crippen molar-refractivity contribution in [1.82, 2.24) is 0 Å². The Morgan fingerprint density at radius 3 is 2.27 bits per heavy atom. The molecule has 2 rings (SSSR count). The van der Waals surface area contributed by atoms with Gasteiger partial charge in [0, 0.05) is 6.07 Å². The van der Waals surface area contributed by atoms with Crippen LogP contribution in [-0.4, -0.2) is 8.42 Å². The molecule has 0 aliphatic carbocycles. The lowest BCUT2D eigenvalue weighted by Crippen LogP contribution is -2.14. The van der Waals surface area contributed by atoms with Gasteiger partial charge in [0.2, 0.25) is 0 Å². The van der Waals surface area contributed by atoms with Crippen molar-refractivity contribution < 1.29 is 17.2 Å². The third-order valence-electron chi connectivity index (χ3n) is 3.05. The molecule has 2 aromatic carbocycles. The molecule has 6 heteroatoms. The number of anilines is 1. The van der Waals surface area contributed by atoms with Gasteiger partial charge < -0.3 is 0 Å². The highest BCUT2D eigenvalue weighted by atomic mass is 32.2. The fourth-order valence-corrected chi connectivity index (χ4v) is 3.11. The molecule has 0 spiro atoms. The molecular weight excluding hydrogens is 308 g/mol. The highest BCUT2D eigenvalue weighted by Crippen LogP contribution is 2.21. The van der Waals surface area contributed by atoms with E-state index in [0.717, 1.165) is 30.2 Å². The lowest BCUT2D eigenvalue weighted by Gasteiger charge is -2.10. The number of benzene rings is 2. The minimum absolute atomic E-state index is 0.00340. The predicted octanol–water partition coefficient (Wildman–Crippen LogP) is 3.96. The van der Waals surface area contributed by atoms with Crippen molar-refractivity contribution in [2.75, 3.05) is 4.72 Å². The zero-order chi connectivity index (χ0) is 16.3. The van der Waals surface area contributed by atoms with Gasteiger partial charge in [-0.05, 0) is 42.2 Å². The number of halogens is 2. The molecule has 0 heterocycles. The summed E-state index contributed by atoms with van der Waals surface area (Å²) in [6.07, 6.45) is 0.840. The smallest absolute Gasteiger partial charge is 0.261 e. The molecule has 0 aliphatic rings. The van der Waals surface area contributed by atoms with Gasteiger partial charge in [-0.1, -0.05) is 26.0 Å². The van der Waals surface area contributed by atoms with Gasteiger partial charge in [-0.15, -0.1) is 0 Å². The van der Waals surface area contributed by atoms with Crippen LogP contribution in [0.3, 0.4) is 0 Å². The summed E-state index contributed by atoms with van der Waals surface area (Å²) >= 11 is 0. The molecule has 0 saturated heterocycles. The summed E-state index contributed by atoms with van der Waals surface area (Å²) in [4.78, 5) is 0.00340. The molecule has 3 nitrogen and oxygen atoms in total. The van der Waals surface area contributed by atoms with Crippen LogP contribution in [0.4, 0.5) is 14.5 Å². The van der Waals surface area contributed by atoms with Crippen LogP contribution < -0.4 is 4.72 Å². The van der Waals surface area contributed by atoms with Crippen LogP contribution in [0.5, 0.6) is 0 Å². The lowest BCUT2D eigenvalue weighted by atomic mass is 10.0. The monoisotopic (exact) mass is 325 g/mol. The quantitative estimate of drug-likeness (QED) is 0.904. The maximum atomic E-state index is 13.5.